The van der Waals surface area contributed by atoms with Crippen LogP contribution in [0.2, 0.25) is 0 Å². The fraction of sp³-hybridized carbons (Fsp3) is 0.471. The molecule has 2 aromatic heterocycles. The molecule has 6 heteroatoms. The molecule has 0 aliphatic carbocycles. The summed E-state index contributed by atoms with van der Waals surface area (Å²) in [5.41, 5.74) is 1.57. The molecule has 1 aliphatic rings. The minimum atomic E-state index is -0.0171. The molecular formula is C17H22N4OS. The van der Waals surface area contributed by atoms with E-state index in [2.05, 4.69) is 21.8 Å². The Kier molecular flexibility index (Phi) is 4.91. The van der Waals surface area contributed by atoms with Gasteiger partial charge in [-0.3, -0.25) is 4.79 Å². The van der Waals surface area contributed by atoms with Crippen molar-refractivity contribution in [1.29, 1.82) is 0 Å². The number of thiazole rings is 1. The van der Waals surface area contributed by atoms with Gasteiger partial charge in [-0.25, -0.2) is 9.97 Å². The smallest absolute Gasteiger partial charge is 0.255 e. The largest absolute Gasteiger partial charge is 0.357 e. The van der Waals surface area contributed by atoms with Gasteiger partial charge in [0.2, 0.25) is 0 Å². The second-order valence-electron chi connectivity index (χ2n) is 5.85. The molecule has 3 heterocycles. The first-order valence-electron chi connectivity index (χ1n) is 8.07. The topological polar surface area (TPSA) is 49.3 Å². The highest BCUT2D eigenvalue weighted by Crippen LogP contribution is 2.18. The van der Waals surface area contributed by atoms with Crippen LogP contribution in [0.1, 0.15) is 40.8 Å². The molecule has 122 valence electrons. The van der Waals surface area contributed by atoms with Gasteiger partial charge >= 0.3 is 0 Å². The van der Waals surface area contributed by atoms with E-state index in [-0.39, 0.29) is 5.91 Å². The molecule has 1 fully saturated rings. The standard InChI is InChI=1S/C17H22N4OS/c1-3-16-19-14(12-23-16)11-20(2)17(22)13-6-7-15(18-10-13)21-8-4-5-9-21/h6-7,10,12H,3-5,8-9,11H2,1-2H3. The van der Waals surface area contributed by atoms with E-state index in [4.69, 9.17) is 0 Å². The molecule has 0 bridgehead atoms. The molecule has 23 heavy (non-hydrogen) atoms. The van der Waals surface area contributed by atoms with E-state index in [0.29, 0.717) is 12.1 Å². The van der Waals surface area contributed by atoms with Crippen molar-refractivity contribution >= 4 is 23.1 Å². The molecule has 2 aromatic rings. The Bertz CT molecular complexity index is 661. The fourth-order valence-electron chi connectivity index (χ4n) is 2.76. The van der Waals surface area contributed by atoms with E-state index in [0.717, 1.165) is 36.0 Å². The summed E-state index contributed by atoms with van der Waals surface area (Å²) in [6.07, 6.45) is 5.06. The number of hydrogen-bond acceptors (Lipinski definition) is 5. The van der Waals surface area contributed by atoms with Crippen LogP contribution in [-0.2, 0) is 13.0 Å². The van der Waals surface area contributed by atoms with Gasteiger partial charge in [0.1, 0.15) is 5.82 Å². The van der Waals surface area contributed by atoms with Crippen LogP contribution >= 0.6 is 11.3 Å². The Labute approximate surface area is 141 Å². The number of amides is 1. The predicted octanol–water partition coefficient (Wildman–Crippen LogP) is 2.97. The average molecular weight is 330 g/mol. The third-order valence-corrected chi connectivity index (χ3v) is 5.11. The molecule has 5 nitrogen and oxygen atoms in total. The molecule has 1 amide bonds. The summed E-state index contributed by atoms with van der Waals surface area (Å²) >= 11 is 1.65. The van der Waals surface area contributed by atoms with Crippen molar-refractivity contribution in [2.24, 2.45) is 0 Å². The summed E-state index contributed by atoms with van der Waals surface area (Å²) < 4.78 is 0. The van der Waals surface area contributed by atoms with E-state index in [1.807, 2.05) is 24.6 Å². The monoisotopic (exact) mass is 330 g/mol. The van der Waals surface area contributed by atoms with Crippen LogP contribution in [0.3, 0.4) is 0 Å². The molecule has 3 rings (SSSR count). The SMILES string of the molecule is CCc1nc(CN(C)C(=O)c2ccc(N3CCCC3)nc2)cs1. The quantitative estimate of drug-likeness (QED) is 0.846. The molecule has 0 spiro atoms. The Morgan fingerprint density at radius 3 is 2.74 bits per heavy atom. The van der Waals surface area contributed by atoms with Crippen molar-refractivity contribution in [3.05, 3.63) is 40.0 Å². The van der Waals surface area contributed by atoms with Gasteiger partial charge in [0, 0.05) is 31.7 Å². The zero-order valence-corrected chi connectivity index (χ0v) is 14.5. The fourth-order valence-corrected chi connectivity index (χ4v) is 3.50. The zero-order chi connectivity index (χ0) is 16.2. The third kappa shape index (κ3) is 3.69. The second-order valence-corrected chi connectivity index (χ2v) is 6.79. The van der Waals surface area contributed by atoms with E-state index >= 15 is 0 Å². The first-order valence-corrected chi connectivity index (χ1v) is 8.95. The minimum absolute atomic E-state index is 0.0171. The molecule has 1 aliphatic heterocycles. The summed E-state index contributed by atoms with van der Waals surface area (Å²) in [5, 5.41) is 3.13. The molecular weight excluding hydrogens is 308 g/mol. The van der Waals surface area contributed by atoms with Crippen LogP contribution in [0, 0.1) is 0 Å². The lowest BCUT2D eigenvalue weighted by molar-refractivity contribution is 0.0783. The summed E-state index contributed by atoms with van der Waals surface area (Å²) in [5.74, 6) is 0.949. The maximum Gasteiger partial charge on any atom is 0.255 e. The van der Waals surface area contributed by atoms with Gasteiger partial charge in [0.05, 0.1) is 22.8 Å². The van der Waals surface area contributed by atoms with E-state index in [9.17, 15) is 4.79 Å². The van der Waals surface area contributed by atoms with Gasteiger partial charge in [0.15, 0.2) is 0 Å². The highest BCUT2D eigenvalue weighted by molar-refractivity contribution is 7.09. The molecule has 0 N–H and O–H groups in total. The molecule has 0 saturated carbocycles. The van der Waals surface area contributed by atoms with Crippen molar-refractivity contribution < 1.29 is 4.79 Å². The Balaban J connectivity index is 1.64. The minimum Gasteiger partial charge on any atom is -0.357 e. The Morgan fingerprint density at radius 2 is 2.13 bits per heavy atom. The summed E-state index contributed by atoms with van der Waals surface area (Å²) in [6, 6.07) is 3.82. The van der Waals surface area contributed by atoms with E-state index in [1.54, 1.807) is 22.4 Å². The van der Waals surface area contributed by atoms with E-state index < -0.39 is 0 Å². The molecule has 1 saturated heterocycles. The number of anilines is 1. The highest BCUT2D eigenvalue weighted by atomic mass is 32.1. The van der Waals surface area contributed by atoms with Crippen molar-refractivity contribution in [2.75, 3.05) is 25.0 Å². The van der Waals surface area contributed by atoms with Gasteiger partial charge in [-0.05, 0) is 31.4 Å². The maximum atomic E-state index is 12.5. The first-order chi connectivity index (χ1) is 11.2. The lowest BCUT2D eigenvalue weighted by Crippen LogP contribution is -2.26. The highest BCUT2D eigenvalue weighted by Gasteiger charge is 2.16. The van der Waals surface area contributed by atoms with Crippen LogP contribution in [0.15, 0.2) is 23.7 Å². The van der Waals surface area contributed by atoms with Crippen molar-refractivity contribution in [2.45, 2.75) is 32.7 Å². The Morgan fingerprint density at radius 1 is 1.35 bits per heavy atom. The number of carbonyl (C=O) groups is 1. The summed E-state index contributed by atoms with van der Waals surface area (Å²) in [7, 11) is 1.81. The normalized spacial score (nSPS) is 14.3. The Hall–Kier alpha value is -1.95. The van der Waals surface area contributed by atoms with Gasteiger partial charge in [-0.15, -0.1) is 11.3 Å². The van der Waals surface area contributed by atoms with Crippen LogP contribution in [0.25, 0.3) is 0 Å². The maximum absolute atomic E-state index is 12.5. The van der Waals surface area contributed by atoms with Crippen molar-refractivity contribution in [1.82, 2.24) is 14.9 Å². The van der Waals surface area contributed by atoms with Crippen LogP contribution < -0.4 is 4.90 Å². The van der Waals surface area contributed by atoms with Crippen LogP contribution in [0.5, 0.6) is 0 Å². The van der Waals surface area contributed by atoms with E-state index in [1.165, 1.54) is 12.8 Å². The molecule has 0 radical (unpaired) electrons. The van der Waals surface area contributed by atoms with Crippen LogP contribution in [0.4, 0.5) is 5.82 Å². The van der Waals surface area contributed by atoms with Gasteiger partial charge in [0.25, 0.3) is 5.91 Å². The number of carbonyl (C=O) groups excluding carboxylic acids is 1. The molecule has 0 atom stereocenters. The number of nitrogens with zero attached hydrogens (tertiary/aromatic N) is 4. The summed E-state index contributed by atoms with van der Waals surface area (Å²) in [4.78, 5) is 25.4. The van der Waals surface area contributed by atoms with Crippen molar-refractivity contribution in [3.63, 3.8) is 0 Å². The number of hydrogen-bond donors (Lipinski definition) is 0. The number of rotatable bonds is 5. The second kappa shape index (κ2) is 7.08. The zero-order valence-electron chi connectivity index (χ0n) is 13.7. The lowest BCUT2D eigenvalue weighted by atomic mass is 10.2. The van der Waals surface area contributed by atoms with Gasteiger partial charge in [-0.2, -0.15) is 0 Å². The summed E-state index contributed by atoms with van der Waals surface area (Å²) in [6.45, 7) is 4.74. The molecule has 0 aromatic carbocycles. The molecule has 0 unspecified atom stereocenters. The predicted molar refractivity (Wildman–Crippen MR) is 93.0 cm³/mol. The number of aromatic nitrogens is 2. The third-order valence-electron chi connectivity index (χ3n) is 4.07. The number of pyridine rings is 1. The van der Waals surface area contributed by atoms with Gasteiger partial charge in [-0.1, -0.05) is 6.92 Å². The van der Waals surface area contributed by atoms with Crippen LogP contribution in [-0.4, -0.2) is 40.9 Å². The van der Waals surface area contributed by atoms with Gasteiger partial charge < -0.3 is 9.80 Å². The van der Waals surface area contributed by atoms with Crippen molar-refractivity contribution in [3.8, 4) is 0 Å². The number of aryl methyl sites for hydroxylation is 1. The average Bonchev–Trinajstić information content (AvgIpc) is 3.26. The first kappa shape index (κ1) is 15.9. The lowest BCUT2D eigenvalue weighted by Gasteiger charge is -2.18.